The molecular formula is C20H21ClN2O4S. The smallest absolute Gasteiger partial charge is 0.243 e. The van der Waals surface area contributed by atoms with Crippen molar-refractivity contribution in [3.8, 4) is 0 Å². The van der Waals surface area contributed by atoms with Crippen molar-refractivity contribution in [3.63, 3.8) is 0 Å². The molecule has 2 aliphatic rings. The summed E-state index contributed by atoms with van der Waals surface area (Å²) in [7, 11) is -3.54. The Morgan fingerprint density at radius 1 is 1.04 bits per heavy atom. The molecule has 2 aliphatic heterocycles. The van der Waals surface area contributed by atoms with Crippen LogP contribution in [0.5, 0.6) is 0 Å². The summed E-state index contributed by atoms with van der Waals surface area (Å²) in [6, 6.07) is 12.3. The summed E-state index contributed by atoms with van der Waals surface area (Å²) in [5.74, 6) is -0.00939. The van der Waals surface area contributed by atoms with E-state index in [2.05, 4.69) is 0 Å². The first-order valence-corrected chi connectivity index (χ1v) is 11.0. The quantitative estimate of drug-likeness (QED) is 0.762. The number of nitrogens with zero attached hydrogens (tertiary/aromatic N) is 2. The molecule has 0 spiro atoms. The van der Waals surface area contributed by atoms with Crippen molar-refractivity contribution in [3.05, 3.63) is 58.6 Å². The van der Waals surface area contributed by atoms with Gasteiger partial charge in [0.1, 0.15) is 0 Å². The highest BCUT2D eigenvalue weighted by atomic mass is 35.5. The van der Waals surface area contributed by atoms with E-state index in [0.29, 0.717) is 44.3 Å². The number of halogens is 1. The fourth-order valence-electron chi connectivity index (χ4n) is 3.61. The van der Waals surface area contributed by atoms with Gasteiger partial charge >= 0.3 is 0 Å². The molecule has 2 heterocycles. The molecule has 0 atom stereocenters. The summed E-state index contributed by atoms with van der Waals surface area (Å²) < 4.78 is 32.4. The van der Waals surface area contributed by atoms with Crippen molar-refractivity contribution < 1.29 is 17.9 Å². The largest absolute Gasteiger partial charge is 0.379 e. The molecule has 0 aromatic heterocycles. The SMILES string of the molecule is O=C(Cc1ccc(Cl)cc1)N1CCc2cc(S(=O)(=O)N3CCOCC3)ccc21. The molecule has 1 saturated heterocycles. The Bertz CT molecular complexity index is 986. The fourth-order valence-corrected chi connectivity index (χ4v) is 5.19. The van der Waals surface area contributed by atoms with Gasteiger partial charge in [-0.25, -0.2) is 8.42 Å². The summed E-state index contributed by atoms with van der Waals surface area (Å²) in [5, 5.41) is 0.636. The molecule has 1 fully saturated rings. The molecule has 0 saturated carbocycles. The first-order valence-electron chi connectivity index (χ1n) is 9.21. The number of benzene rings is 2. The second-order valence-corrected chi connectivity index (χ2v) is 9.28. The highest BCUT2D eigenvalue weighted by Crippen LogP contribution is 2.32. The van der Waals surface area contributed by atoms with Crippen LogP contribution >= 0.6 is 11.6 Å². The lowest BCUT2D eigenvalue weighted by molar-refractivity contribution is -0.117. The first-order chi connectivity index (χ1) is 13.4. The number of carbonyl (C=O) groups is 1. The zero-order valence-electron chi connectivity index (χ0n) is 15.3. The average molecular weight is 421 g/mol. The van der Waals surface area contributed by atoms with E-state index >= 15 is 0 Å². The monoisotopic (exact) mass is 420 g/mol. The topological polar surface area (TPSA) is 66.9 Å². The van der Waals surface area contributed by atoms with E-state index in [1.54, 1.807) is 35.2 Å². The maximum absolute atomic E-state index is 12.9. The van der Waals surface area contributed by atoms with Crippen molar-refractivity contribution in [2.24, 2.45) is 0 Å². The zero-order chi connectivity index (χ0) is 19.7. The second kappa shape index (κ2) is 7.83. The summed E-state index contributed by atoms with van der Waals surface area (Å²) in [4.78, 5) is 14.8. The molecule has 8 heteroatoms. The van der Waals surface area contributed by atoms with E-state index in [1.807, 2.05) is 12.1 Å². The van der Waals surface area contributed by atoms with E-state index in [9.17, 15) is 13.2 Å². The number of sulfonamides is 1. The van der Waals surface area contributed by atoms with Crippen LogP contribution in [0.3, 0.4) is 0 Å². The number of rotatable bonds is 4. The van der Waals surface area contributed by atoms with Gasteiger partial charge in [0.15, 0.2) is 0 Å². The molecule has 2 aromatic rings. The van der Waals surface area contributed by atoms with Crippen molar-refractivity contribution in [2.45, 2.75) is 17.7 Å². The van der Waals surface area contributed by atoms with Crippen LogP contribution in [0.15, 0.2) is 47.4 Å². The van der Waals surface area contributed by atoms with Gasteiger partial charge in [-0.3, -0.25) is 4.79 Å². The van der Waals surface area contributed by atoms with Gasteiger partial charge in [0.25, 0.3) is 0 Å². The lowest BCUT2D eigenvalue weighted by Gasteiger charge is -2.26. The van der Waals surface area contributed by atoms with Crippen LogP contribution < -0.4 is 4.90 Å². The molecule has 6 nitrogen and oxygen atoms in total. The predicted molar refractivity (Wildman–Crippen MR) is 107 cm³/mol. The Morgan fingerprint density at radius 2 is 1.75 bits per heavy atom. The third kappa shape index (κ3) is 3.80. The maximum Gasteiger partial charge on any atom is 0.243 e. The number of carbonyl (C=O) groups excluding carboxylic acids is 1. The van der Waals surface area contributed by atoms with E-state index in [0.717, 1.165) is 16.8 Å². The normalized spacial score (nSPS) is 17.5. The van der Waals surface area contributed by atoms with Crippen LogP contribution in [0.2, 0.25) is 5.02 Å². The third-order valence-electron chi connectivity index (χ3n) is 5.12. The van der Waals surface area contributed by atoms with Gasteiger partial charge < -0.3 is 9.64 Å². The van der Waals surface area contributed by atoms with Gasteiger partial charge in [0, 0.05) is 30.3 Å². The van der Waals surface area contributed by atoms with Gasteiger partial charge in [0.2, 0.25) is 15.9 Å². The fraction of sp³-hybridized carbons (Fsp3) is 0.350. The second-order valence-electron chi connectivity index (χ2n) is 6.91. The van der Waals surface area contributed by atoms with Crippen LogP contribution in [0.25, 0.3) is 0 Å². The zero-order valence-corrected chi connectivity index (χ0v) is 16.9. The molecule has 148 valence electrons. The predicted octanol–water partition coefficient (Wildman–Crippen LogP) is 2.49. The molecular weight excluding hydrogens is 400 g/mol. The number of hydrogen-bond donors (Lipinski definition) is 0. The van der Waals surface area contributed by atoms with Crippen molar-refractivity contribution in [1.82, 2.24) is 4.31 Å². The highest BCUT2D eigenvalue weighted by Gasteiger charge is 2.30. The Balaban J connectivity index is 1.53. The summed E-state index contributed by atoms with van der Waals surface area (Å²) in [5.41, 5.74) is 2.58. The van der Waals surface area contributed by atoms with Gasteiger partial charge in [-0.2, -0.15) is 4.31 Å². The molecule has 2 aromatic carbocycles. The van der Waals surface area contributed by atoms with E-state index in [1.165, 1.54) is 4.31 Å². The van der Waals surface area contributed by atoms with Gasteiger partial charge in [0.05, 0.1) is 24.5 Å². The minimum atomic E-state index is -3.54. The van der Waals surface area contributed by atoms with Gasteiger partial charge in [-0.15, -0.1) is 0 Å². The lowest BCUT2D eigenvalue weighted by atomic mass is 10.1. The molecule has 28 heavy (non-hydrogen) atoms. The minimum absolute atomic E-state index is 0.00939. The number of fused-ring (bicyclic) bond motifs is 1. The minimum Gasteiger partial charge on any atom is -0.379 e. The molecule has 4 rings (SSSR count). The molecule has 0 radical (unpaired) electrons. The Labute approximate surface area is 169 Å². The van der Waals surface area contributed by atoms with Crippen LogP contribution in [0.4, 0.5) is 5.69 Å². The lowest BCUT2D eigenvalue weighted by Crippen LogP contribution is -2.40. The van der Waals surface area contributed by atoms with Crippen LogP contribution in [-0.4, -0.2) is 51.5 Å². The van der Waals surface area contributed by atoms with Crippen LogP contribution in [-0.2, 0) is 32.4 Å². The highest BCUT2D eigenvalue weighted by molar-refractivity contribution is 7.89. The maximum atomic E-state index is 12.9. The Morgan fingerprint density at radius 3 is 2.46 bits per heavy atom. The molecule has 0 aliphatic carbocycles. The summed E-state index contributed by atoms with van der Waals surface area (Å²) in [6.45, 7) is 2.12. The van der Waals surface area contributed by atoms with Crippen molar-refractivity contribution in [1.29, 1.82) is 0 Å². The number of amides is 1. The standard InChI is InChI=1S/C20H21ClN2O4S/c21-17-3-1-15(2-4-17)13-20(24)23-8-7-16-14-18(5-6-19(16)23)28(25,26)22-9-11-27-12-10-22/h1-6,14H,7-13H2. The molecule has 1 amide bonds. The van der Waals surface area contributed by atoms with Gasteiger partial charge in [-0.05, 0) is 47.9 Å². The number of anilines is 1. The number of hydrogen-bond acceptors (Lipinski definition) is 4. The Hall–Kier alpha value is -1.93. The number of ether oxygens (including phenoxy) is 1. The van der Waals surface area contributed by atoms with E-state index < -0.39 is 10.0 Å². The number of morpholine rings is 1. The van der Waals surface area contributed by atoms with Crippen LogP contribution in [0, 0.1) is 0 Å². The van der Waals surface area contributed by atoms with E-state index in [4.69, 9.17) is 16.3 Å². The van der Waals surface area contributed by atoms with Crippen LogP contribution in [0.1, 0.15) is 11.1 Å². The molecule has 0 N–H and O–H groups in total. The average Bonchev–Trinajstić information content (AvgIpc) is 3.14. The molecule has 0 bridgehead atoms. The molecule has 0 unspecified atom stereocenters. The van der Waals surface area contributed by atoms with E-state index in [-0.39, 0.29) is 17.2 Å². The summed E-state index contributed by atoms with van der Waals surface area (Å²) in [6.07, 6.45) is 0.929. The summed E-state index contributed by atoms with van der Waals surface area (Å²) >= 11 is 5.90. The first kappa shape index (κ1) is 19.4. The van der Waals surface area contributed by atoms with Gasteiger partial charge in [-0.1, -0.05) is 23.7 Å². The third-order valence-corrected chi connectivity index (χ3v) is 7.27. The van der Waals surface area contributed by atoms with Crippen molar-refractivity contribution >= 4 is 33.2 Å². The Kier molecular flexibility index (Phi) is 5.42. The van der Waals surface area contributed by atoms with Crippen molar-refractivity contribution in [2.75, 3.05) is 37.7 Å².